The molecular formula is C22H18BrNO3. The van der Waals surface area contributed by atoms with Crippen LogP contribution < -0.4 is 14.8 Å². The monoisotopic (exact) mass is 423 g/mol. The summed E-state index contributed by atoms with van der Waals surface area (Å²) in [5.41, 5.74) is 0. The van der Waals surface area contributed by atoms with Crippen molar-refractivity contribution in [2.24, 2.45) is 0 Å². The number of hydrogen-bond acceptors (Lipinski definition) is 3. The molecule has 5 heteroatoms. The van der Waals surface area contributed by atoms with Gasteiger partial charge in [-0.25, -0.2) is 0 Å². The van der Waals surface area contributed by atoms with Crippen LogP contribution in [-0.2, 0) is 4.79 Å². The van der Waals surface area contributed by atoms with Gasteiger partial charge < -0.3 is 14.8 Å². The molecule has 0 aliphatic carbocycles. The molecule has 0 bridgehead atoms. The topological polar surface area (TPSA) is 47.6 Å². The van der Waals surface area contributed by atoms with Crippen molar-refractivity contribution in [2.75, 3.05) is 19.8 Å². The number of fused-ring (bicyclic) bond motifs is 1. The largest absolute Gasteiger partial charge is 0.484 e. The fourth-order valence-corrected chi connectivity index (χ4v) is 2.77. The van der Waals surface area contributed by atoms with Gasteiger partial charge in [-0.05, 0) is 41.1 Å². The first-order valence-electron chi connectivity index (χ1n) is 8.43. The average molecular weight is 424 g/mol. The van der Waals surface area contributed by atoms with Gasteiger partial charge in [-0.15, -0.1) is 0 Å². The Morgan fingerprint density at radius 2 is 1.70 bits per heavy atom. The predicted molar refractivity (Wildman–Crippen MR) is 110 cm³/mol. The highest BCUT2D eigenvalue weighted by Crippen LogP contribution is 2.20. The standard InChI is InChI=1S/C22H18BrNO3/c23-19-8-5-9-20(15-19)26-13-4-3-12-24-22(25)16-27-21-11-10-17-6-1-2-7-18(17)14-21/h1-2,5-11,14-15H,12-13,16H2,(H,24,25). The van der Waals surface area contributed by atoms with Gasteiger partial charge in [0.15, 0.2) is 6.61 Å². The van der Waals surface area contributed by atoms with Crippen molar-refractivity contribution in [1.29, 1.82) is 0 Å². The SMILES string of the molecule is O=C(COc1ccc2ccccc2c1)NCC#CCOc1cccc(Br)c1. The summed E-state index contributed by atoms with van der Waals surface area (Å²) in [6.07, 6.45) is 0. The Kier molecular flexibility index (Phi) is 6.72. The molecule has 0 saturated heterocycles. The number of rotatable bonds is 6. The van der Waals surface area contributed by atoms with E-state index in [0.29, 0.717) is 5.75 Å². The van der Waals surface area contributed by atoms with Gasteiger partial charge in [0, 0.05) is 4.47 Å². The van der Waals surface area contributed by atoms with Crippen LogP contribution in [-0.4, -0.2) is 25.7 Å². The number of hydrogen-bond donors (Lipinski definition) is 1. The van der Waals surface area contributed by atoms with Gasteiger partial charge in [-0.2, -0.15) is 0 Å². The lowest BCUT2D eigenvalue weighted by Gasteiger charge is -2.07. The van der Waals surface area contributed by atoms with Crippen LogP contribution in [0.2, 0.25) is 0 Å². The lowest BCUT2D eigenvalue weighted by atomic mass is 10.1. The van der Waals surface area contributed by atoms with Crippen molar-refractivity contribution in [3.63, 3.8) is 0 Å². The minimum absolute atomic E-state index is 0.0471. The van der Waals surface area contributed by atoms with Gasteiger partial charge in [-0.3, -0.25) is 4.79 Å². The Bertz CT molecular complexity index is 991. The maximum absolute atomic E-state index is 11.8. The van der Waals surface area contributed by atoms with Crippen LogP contribution >= 0.6 is 15.9 Å². The van der Waals surface area contributed by atoms with E-state index in [1.165, 1.54) is 0 Å². The highest BCUT2D eigenvalue weighted by Gasteiger charge is 2.02. The Balaban J connectivity index is 1.37. The molecule has 0 aliphatic heterocycles. The normalized spacial score (nSPS) is 9.96. The predicted octanol–water partition coefficient (Wildman–Crippen LogP) is 4.18. The zero-order valence-corrected chi connectivity index (χ0v) is 16.2. The zero-order valence-electron chi connectivity index (χ0n) is 14.6. The van der Waals surface area contributed by atoms with E-state index in [4.69, 9.17) is 9.47 Å². The number of nitrogens with one attached hydrogen (secondary N) is 1. The first-order chi connectivity index (χ1) is 13.2. The lowest BCUT2D eigenvalue weighted by molar-refractivity contribution is -0.122. The molecule has 0 radical (unpaired) electrons. The van der Waals surface area contributed by atoms with Crippen LogP contribution in [0.4, 0.5) is 0 Å². The number of benzene rings is 3. The van der Waals surface area contributed by atoms with E-state index >= 15 is 0 Å². The van der Waals surface area contributed by atoms with Crippen molar-refractivity contribution < 1.29 is 14.3 Å². The van der Waals surface area contributed by atoms with E-state index in [1.807, 2.05) is 66.7 Å². The summed E-state index contributed by atoms with van der Waals surface area (Å²) >= 11 is 3.38. The number of carbonyl (C=O) groups is 1. The van der Waals surface area contributed by atoms with E-state index in [2.05, 4.69) is 33.1 Å². The molecule has 3 aromatic rings. The fourth-order valence-electron chi connectivity index (χ4n) is 2.39. The van der Waals surface area contributed by atoms with Crippen LogP contribution in [0.5, 0.6) is 11.5 Å². The van der Waals surface area contributed by atoms with Crippen molar-refractivity contribution in [1.82, 2.24) is 5.32 Å². The lowest BCUT2D eigenvalue weighted by Crippen LogP contribution is -2.29. The number of ether oxygens (including phenoxy) is 2. The Labute approximate surface area is 166 Å². The van der Waals surface area contributed by atoms with Crippen molar-refractivity contribution in [3.8, 4) is 23.3 Å². The molecule has 1 N–H and O–H groups in total. The molecule has 0 fully saturated rings. The molecule has 0 heterocycles. The molecule has 0 unspecified atom stereocenters. The molecule has 1 amide bonds. The van der Waals surface area contributed by atoms with Crippen LogP contribution in [0, 0.1) is 11.8 Å². The molecule has 3 aromatic carbocycles. The summed E-state index contributed by atoms with van der Waals surface area (Å²) in [5.74, 6) is 6.90. The average Bonchev–Trinajstić information content (AvgIpc) is 2.69. The number of amides is 1. The summed E-state index contributed by atoms with van der Waals surface area (Å²) < 4.78 is 12.0. The molecule has 0 aromatic heterocycles. The molecule has 4 nitrogen and oxygen atoms in total. The third-order valence-corrected chi connectivity index (χ3v) is 4.19. The summed E-state index contributed by atoms with van der Waals surface area (Å²) in [6, 6.07) is 21.3. The Morgan fingerprint density at radius 3 is 2.56 bits per heavy atom. The summed E-state index contributed by atoms with van der Waals surface area (Å²) in [4.78, 5) is 11.8. The molecule has 0 spiro atoms. The molecule has 0 saturated carbocycles. The first kappa shape index (κ1) is 18.8. The van der Waals surface area contributed by atoms with Crippen molar-refractivity contribution in [3.05, 3.63) is 71.2 Å². The summed E-state index contributed by atoms with van der Waals surface area (Å²) in [5, 5.41) is 4.91. The fraction of sp³-hybridized carbons (Fsp3) is 0.136. The van der Waals surface area contributed by atoms with E-state index in [-0.39, 0.29) is 25.7 Å². The van der Waals surface area contributed by atoms with Crippen LogP contribution in [0.3, 0.4) is 0 Å². The molecule has 0 aliphatic rings. The molecular weight excluding hydrogens is 406 g/mol. The smallest absolute Gasteiger partial charge is 0.258 e. The number of carbonyl (C=O) groups excluding carboxylic acids is 1. The highest BCUT2D eigenvalue weighted by molar-refractivity contribution is 9.10. The van der Waals surface area contributed by atoms with Gasteiger partial charge in [-0.1, -0.05) is 64.2 Å². The second-order valence-corrected chi connectivity index (χ2v) is 6.59. The van der Waals surface area contributed by atoms with E-state index in [0.717, 1.165) is 21.0 Å². The van der Waals surface area contributed by atoms with Crippen LogP contribution in [0.1, 0.15) is 0 Å². The Hall–Kier alpha value is -2.97. The maximum Gasteiger partial charge on any atom is 0.258 e. The highest BCUT2D eigenvalue weighted by atomic mass is 79.9. The molecule has 3 rings (SSSR count). The Morgan fingerprint density at radius 1 is 0.889 bits per heavy atom. The molecule has 0 atom stereocenters. The zero-order chi connectivity index (χ0) is 18.9. The van der Waals surface area contributed by atoms with E-state index in [1.54, 1.807) is 0 Å². The van der Waals surface area contributed by atoms with Gasteiger partial charge in [0.05, 0.1) is 6.54 Å². The van der Waals surface area contributed by atoms with Crippen molar-refractivity contribution >= 4 is 32.6 Å². The third-order valence-electron chi connectivity index (χ3n) is 3.70. The first-order valence-corrected chi connectivity index (χ1v) is 9.22. The van der Waals surface area contributed by atoms with E-state index < -0.39 is 0 Å². The van der Waals surface area contributed by atoms with Gasteiger partial charge in [0.25, 0.3) is 5.91 Å². The second kappa shape index (κ2) is 9.65. The summed E-state index contributed by atoms with van der Waals surface area (Å²) in [6.45, 7) is 0.468. The van der Waals surface area contributed by atoms with Crippen molar-refractivity contribution in [2.45, 2.75) is 0 Å². The van der Waals surface area contributed by atoms with Crippen LogP contribution in [0.15, 0.2) is 71.2 Å². The number of halogens is 1. The minimum Gasteiger partial charge on any atom is -0.484 e. The van der Waals surface area contributed by atoms with Crippen LogP contribution in [0.25, 0.3) is 10.8 Å². The molecule has 27 heavy (non-hydrogen) atoms. The summed E-state index contributed by atoms with van der Waals surface area (Å²) in [7, 11) is 0. The van der Waals surface area contributed by atoms with Gasteiger partial charge in [0.1, 0.15) is 18.1 Å². The van der Waals surface area contributed by atoms with E-state index in [9.17, 15) is 4.79 Å². The quantitative estimate of drug-likeness (QED) is 0.604. The maximum atomic E-state index is 11.8. The van der Waals surface area contributed by atoms with Gasteiger partial charge in [0.2, 0.25) is 0 Å². The van der Waals surface area contributed by atoms with Gasteiger partial charge >= 0.3 is 0 Å². The molecule has 136 valence electrons. The third kappa shape index (κ3) is 6.05. The minimum atomic E-state index is -0.217. The second-order valence-electron chi connectivity index (χ2n) is 5.67.